The van der Waals surface area contributed by atoms with Crippen LogP contribution in [0.25, 0.3) is 11.3 Å². The Hall–Kier alpha value is -2.46. The fourth-order valence-corrected chi connectivity index (χ4v) is 2.88. The Morgan fingerprint density at radius 1 is 1.27 bits per heavy atom. The Morgan fingerprint density at radius 3 is 2.73 bits per heavy atom. The molecule has 6 nitrogen and oxygen atoms in total. The highest BCUT2D eigenvalue weighted by atomic mass is 32.2. The van der Waals surface area contributed by atoms with E-state index >= 15 is 0 Å². The fraction of sp³-hybridized carbons (Fsp3) is 0.421. The number of hydrogen-bond acceptors (Lipinski definition) is 6. The maximum absolute atomic E-state index is 12.1. The average molecular weight is 373 g/mol. The third-order valence-corrected chi connectivity index (χ3v) is 4.48. The van der Waals surface area contributed by atoms with Crippen molar-refractivity contribution in [3.63, 3.8) is 0 Å². The van der Waals surface area contributed by atoms with Crippen molar-refractivity contribution in [2.75, 3.05) is 20.0 Å². The van der Waals surface area contributed by atoms with Gasteiger partial charge in [0.05, 0.1) is 19.4 Å². The maximum atomic E-state index is 12.1. The van der Waals surface area contributed by atoms with Gasteiger partial charge in [-0.15, -0.1) is 0 Å². The van der Waals surface area contributed by atoms with Crippen LogP contribution in [0.3, 0.4) is 0 Å². The summed E-state index contributed by atoms with van der Waals surface area (Å²) < 4.78 is 11.2. The molecule has 0 radical (unpaired) electrons. The Balaban J connectivity index is 2.31. The lowest BCUT2D eigenvalue weighted by atomic mass is 10.1. The highest BCUT2D eigenvalue weighted by Gasteiger charge is 2.15. The van der Waals surface area contributed by atoms with Crippen LogP contribution in [0.5, 0.6) is 11.5 Å². The molecule has 7 heteroatoms. The van der Waals surface area contributed by atoms with Gasteiger partial charge in [-0.25, -0.2) is 4.98 Å². The Morgan fingerprint density at radius 2 is 2.08 bits per heavy atom. The number of benzene rings is 1. The van der Waals surface area contributed by atoms with Crippen LogP contribution in [0, 0.1) is 11.3 Å². The summed E-state index contributed by atoms with van der Waals surface area (Å²) in [5, 5.41) is 9.78. The molecule has 0 saturated heterocycles. The van der Waals surface area contributed by atoms with Crippen molar-refractivity contribution >= 4 is 11.8 Å². The lowest BCUT2D eigenvalue weighted by Crippen LogP contribution is -2.14. The summed E-state index contributed by atoms with van der Waals surface area (Å²) in [5.41, 5.74) is 0.515. The Kier molecular flexibility index (Phi) is 7.54. The number of aromatic nitrogens is 2. The molecule has 2 rings (SSSR count). The highest BCUT2D eigenvalue weighted by Crippen LogP contribution is 2.33. The van der Waals surface area contributed by atoms with Crippen LogP contribution in [0.2, 0.25) is 0 Å². The van der Waals surface area contributed by atoms with Gasteiger partial charge in [-0.2, -0.15) is 5.26 Å². The highest BCUT2D eigenvalue weighted by molar-refractivity contribution is 7.98. The summed E-state index contributed by atoms with van der Waals surface area (Å²) in [6.07, 6.45) is 6.31. The number of methoxy groups -OCH3 is 1. The summed E-state index contributed by atoms with van der Waals surface area (Å²) in [6.45, 7) is 2.79. The molecule has 0 aliphatic carbocycles. The maximum Gasteiger partial charge on any atom is 0.270 e. The van der Waals surface area contributed by atoms with Gasteiger partial charge in [-0.1, -0.05) is 37.9 Å². The second-order valence-electron chi connectivity index (χ2n) is 5.69. The van der Waals surface area contributed by atoms with Crippen molar-refractivity contribution in [2.45, 2.75) is 37.8 Å². The number of rotatable bonds is 9. The number of nitriles is 1. The molecule has 1 aromatic heterocycles. The number of nitrogens with one attached hydrogen (secondary N) is 1. The van der Waals surface area contributed by atoms with Gasteiger partial charge in [0.1, 0.15) is 11.6 Å². The van der Waals surface area contributed by atoms with Crippen LogP contribution in [-0.4, -0.2) is 29.9 Å². The van der Waals surface area contributed by atoms with Crippen molar-refractivity contribution in [3.8, 4) is 28.8 Å². The smallest absolute Gasteiger partial charge is 0.270 e. The van der Waals surface area contributed by atoms with Gasteiger partial charge < -0.3 is 14.5 Å². The first-order chi connectivity index (χ1) is 12.6. The number of hydrogen-bond donors (Lipinski definition) is 1. The van der Waals surface area contributed by atoms with E-state index in [2.05, 4.69) is 16.9 Å². The van der Waals surface area contributed by atoms with Gasteiger partial charge in [0.25, 0.3) is 5.56 Å². The zero-order valence-corrected chi connectivity index (χ0v) is 16.1. The van der Waals surface area contributed by atoms with E-state index < -0.39 is 5.56 Å². The van der Waals surface area contributed by atoms with Crippen LogP contribution in [0.15, 0.2) is 28.2 Å². The van der Waals surface area contributed by atoms with Gasteiger partial charge in [0.2, 0.25) is 0 Å². The quantitative estimate of drug-likeness (QED) is 0.406. The van der Waals surface area contributed by atoms with Crippen LogP contribution in [0.1, 0.15) is 38.2 Å². The van der Waals surface area contributed by atoms with E-state index in [0.717, 1.165) is 12.8 Å². The molecule has 0 atom stereocenters. The van der Waals surface area contributed by atoms with Crippen molar-refractivity contribution in [1.29, 1.82) is 5.26 Å². The van der Waals surface area contributed by atoms with Crippen LogP contribution < -0.4 is 15.0 Å². The van der Waals surface area contributed by atoms with Crippen molar-refractivity contribution in [1.82, 2.24) is 9.97 Å². The number of thioether (sulfide) groups is 1. The summed E-state index contributed by atoms with van der Waals surface area (Å²) in [5.74, 6) is 1.19. The molecule has 0 spiro atoms. The third kappa shape index (κ3) is 4.79. The van der Waals surface area contributed by atoms with Gasteiger partial charge in [-0.05, 0) is 30.9 Å². The number of H-pyrrole nitrogens is 1. The molecule has 0 unspecified atom stereocenters. The second-order valence-corrected chi connectivity index (χ2v) is 6.48. The standard InChI is InChI=1S/C19H23N3O3S/c1-4-5-6-7-10-25-15-9-8-13(11-16(15)24-2)17-14(12-20)18(23)22-19(21-17)26-3/h8-9,11H,4-7,10H2,1-3H3,(H,21,22,23). The molecule has 0 aliphatic rings. The molecule has 0 saturated carbocycles. The third-order valence-electron chi connectivity index (χ3n) is 3.90. The summed E-state index contributed by atoms with van der Waals surface area (Å²) in [7, 11) is 1.56. The van der Waals surface area contributed by atoms with E-state index in [1.54, 1.807) is 25.3 Å². The second kappa shape index (κ2) is 9.88. The molecular formula is C19H23N3O3S. The Bertz CT molecular complexity index is 843. The number of ether oxygens (including phenoxy) is 2. The van der Waals surface area contributed by atoms with E-state index in [-0.39, 0.29) is 5.56 Å². The summed E-state index contributed by atoms with van der Waals surface area (Å²) in [4.78, 5) is 19.1. The average Bonchev–Trinajstić information content (AvgIpc) is 2.67. The number of nitrogens with zero attached hydrogens (tertiary/aromatic N) is 2. The Labute approximate surface area is 157 Å². The van der Waals surface area contributed by atoms with Gasteiger partial charge in [0, 0.05) is 5.56 Å². The van der Waals surface area contributed by atoms with Crippen molar-refractivity contribution in [3.05, 3.63) is 34.1 Å². The van der Waals surface area contributed by atoms with Gasteiger partial charge in [-0.3, -0.25) is 4.79 Å². The molecule has 0 bridgehead atoms. The minimum atomic E-state index is -0.447. The SMILES string of the molecule is CCCCCCOc1ccc(-c2nc(SC)[nH]c(=O)c2C#N)cc1OC. The minimum Gasteiger partial charge on any atom is -0.493 e. The fourth-order valence-electron chi connectivity index (χ4n) is 2.51. The predicted molar refractivity (Wildman–Crippen MR) is 103 cm³/mol. The molecule has 138 valence electrons. The molecular weight excluding hydrogens is 350 g/mol. The molecule has 0 amide bonds. The first kappa shape index (κ1) is 19.9. The van der Waals surface area contributed by atoms with Crippen LogP contribution in [-0.2, 0) is 0 Å². The molecule has 1 N–H and O–H groups in total. The van der Waals surface area contributed by atoms with Crippen molar-refractivity contribution in [2.24, 2.45) is 0 Å². The first-order valence-electron chi connectivity index (χ1n) is 8.54. The van der Waals surface area contributed by atoms with E-state index in [0.29, 0.717) is 34.5 Å². The van der Waals surface area contributed by atoms with Crippen molar-refractivity contribution < 1.29 is 9.47 Å². The zero-order valence-electron chi connectivity index (χ0n) is 15.3. The van der Waals surface area contributed by atoms with Crippen LogP contribution in [0.4, 0.5) is 0 Å². The molecule has 26 heavy (non-hydrogen) atoms. The lowest BCUT2D eigenvalue weighted by molar-refractivity contribution is 0.285. The van der Waals surface area contributed by atoms with E-state index in [4.69, 9.17) is 9.47 Å². The van der Waals surface area contributed by atoms with E-state index in [1.165, 1.54) is 24.6 Å². The number of unbranched alkanes of at least 4 members (excludes halogenated alkanes) is 3. The topological polar surface area (TPSA) is 88.0 Å². The lowest BCUT2D eigenvalue weighted by Gasteiger charge is -2.12. The monoisotopic (exact) mass is 373 g/mol. The predicted octanol–water partition coefficient (Wildman–Crippen LogP) is 4.00. The largest absolute Gasteiger partial charge is 0.493 e. The number of aromatic amines is 1. The van der Waals surface area contributed by atoms with Gasteiger partial charge >= 0.3 is 0 Å². The molecule has 0 aliphatic heterocycles. The van der Waals surface area contributed by atoms with Gasteiger partial charge in [0.15, 0.2) is 16.7 Å². The van der Waals surface area contributed by atoms with E-state index in [9.17, 15) is 10.1 Å². The first-order valence-corrected chi connectivity index (χ1v) is 9.76. The minimum absolute atomic E-state index is 0.0157. The molecule has 1 aromatic carbocycles. The molecule has 0 fully saturated rings. The van der Waals surface area contributed by atoms with E-state index in [1.807, 2.05) is 12.3 Å². The summed E-state index contributed by atoms with van der Waals surface area (Å²) >= 11 is 1.31. The zero-order chi connectivity index (χ0) is 18.9. The molecule has 1 heterocycles. The molecule has 2 aromatic rings. The normalized spacial score (nSPS) is 10.4. The summed E-state index contributed by atoms with van der Waals surface area (Å²) in [6, 6.07) is 7.25. The van der Waals surface area contributed by atoms with Crippen LogP contribution >= 0.6 is 11.8 Å².